The lowest BCUT2D eigenvalue weighted by atomic mass is 10.1. The summed E-state index contributed by atoms with van der Waals surface area (Å²) >= 11 is 0. The molecule has 2 N–H and O–H groups in total. The van der Waals surface area contributed by atoms with Crippen molar-refractivity contribution in [2.45, 2.75) is 26.7 Å². The van der Waals surface area contributed by atoms with Crippen molar-refractivity contribution in [3.05, 3.63) is 23.4 Å². The zero-order valence-electron chi connectivity index (χ0n) is 12.9. The van der Waals surface area contributed by atoms with Crippen LogP contribution in [0.25, 0.3) is 0 Å². The number of anilines is 1. The van der Waals surface area contributed by atoms with Crippen molar-refractivity contribution < 1.29 is 13.2 Å². The topological polar surface area (TPSA) is 88.2 Å². The van der Waals surface area contributed by atoms with Gasteiger partial charge in [0.2, 0.25) is 0 Å². The number of sulfone groups is 1. The Morgan fingerprint density at radius 1 is 1.33 bits per heavy atom. The van der Waals surface area contributed by atoms with Gasteiger partial charge in [0.15, 0.2) is 0 Å². The van der Waals surface area contributed by atoms with Crippen LogP contribution in [0, 0.1) is 0 Å². The highest BCUT2D eigenvalue weighted by Gasteiger charge is 2.12. The Morgan fingerprint density at radius 2 is 2.00 bits per heavy atom. The van der Waals surface area contributed by atoms with E-state index in [0.29, 0.717) is 17.9 Å². The second kappa shape index (κ2) is 7.40. The third kappa shape index (κ3) is 6.12. The zero-order valence-corrected chi connectivity index (χ0v) is 13.8. The fraction of sp³-hybridized carbons (Fsp3) is 0.571. The molecule has 118 valence electrons. The summed E-state index contributed by atoms with van der Waals surface area (Å²) in [7, 11) is -3.08. The van der Waals surface area contributed by atoms with Gasteiger partial charge in [-0.1, -0.05) is 13.8 Å². The van der Waals surface area contributed by atoms with E-state index in [-0.39, 0.29) is 24.1 Å². The molecule has 1 aromatic heterocycles. The summed E-state index contributed by atoms with van der Waals surface area (Å²) in [5.74, 6) is 0.492. The molecule has 0 unspecified atom stereocenters. The molecule has 0 aliphatic rings. The normalized spacial score (nSPS) is 11.5. The van der Waals surface area contributed by atoms with Crippen molar-refractivity contribution >= 4 is 21.6 Å². The second-order valence-corrected chi connectivity index (χ2v) is 7.50. The van der Waals surface area contributed by atoms with Crippen LogP contribution in [0.2, 0.25) is 0 Å². The minimum atomic E-state index is -3.08. The van der Waals surface area contributed by atoms with E-state index in [1.165, 1.54) is 0 Å². The highest BCUT2D eigenvalue weighted by atomic mass is 32.2. The third-order valence-corrected chi connectivity index (χ3v) is 3.76. The quantitative estimate of drug-likeness (QED) is 0.794. The Kier molecular flexibility index (Phi) is 6.14. The van der Waals surface area contributed by atoms with E-state index in [0.717, 1.165) is 11.9 Å². The van der Waals surface area contributed by atoms with Crippen molar-refractivity contribution in [3.8, 4) is 0 Å². The third-order valence-electron chi connectivity index (χ3n) is 2.82. The lowest BCUT2D eigenvalue weighted by Crippen LogP contribution is -2.29. The maximum absolute atomic E-state index is 12.1. The number of carbonyl (C=O) groups is 1. The summed E-state index contributed by atoms with van der Waals surface area (Å²) in [6.07, 6.45) is 1.14. The first-order valence-corrected chi connectivity index (χ1v) is 9.00. The van der Waals surface area contributed by atoms with Gasteiger partial charge >= 0.3 is 0 Å². The number of rotatable bonds is 7. The highest BCUT2D eigenvalue weighted by molar-refractivity contribution is 7.90. The number of hydrogen-bond donors (Lipinski definition) is 2. The second-order valence-electron chi connectivity index (χ2n) is 5.24. The van der Waals surface area contributed by atoms with E-state index in [2.05, 4.69) is 15.6 Å². The monoisotopic (exact) mass is 313 g/mol. The predicted octanol–water partition coefficient (Wildman–Crippen LogP) is 1.41. The van der Waals surface area contributed by atoms with E-state index >= 15 is 0 Å². The van der Waals surface area contributed by atoms with Crippen molar-refractivity contribution in [1.82, 2.24) is 10.3 Å². The fourth-order valence-electron chi connectivity index (χ4n) is 1.70. The molecule has 0 saturated heterocycles. The van der Waals surface area contributed by atoms with Crippen LogP contribution in [-0.2, 0) is 9.84 Å². The first kappa shape index (κ1) is 17.4. The molecule has 0 aromatic carbocycles. The van der Waals surface area contributed by atoms with Crippen LogP contribution in [0.4, 0.5) is 5.82 Å². The minimum Gasteiger partial charge on any atom is -0.370 e. The number of carbonyl (C=O) groups excluding carboxylic acids is 1. The average Bonchev–Trinajstić information content (AvgIpc) is 2.37. The molecule has 1 rings (SSSR count). The Morgan fingerprint density at radius 3 is 2.52 bits per heavy atom. The molecule has 21 heavy (non-hydrogen) atoms. The Balaban J connectivity index is 2.87. The Labute approximate surface area is 126 Å². The van der Waals surface area contributed by atoms with Crippen LogP contribution >= 0.6 is 0 Å². The Hall–Kier alpha value is -1.63. The number of nitrogens with zero attached hydrogens (tertiary/aromatic N) is 1. The maximum atomic E-state index is 12.1. The molecule has 7 heteroatoms. The fourth-order valence-corrected chi connectivity index (χ4v) is 2.18. The molecule has 1 aromatic rings. The molecule has 0 saturated carbocycles. The van der Waals surface area contributed by atoms with Crippen molar-refractivity contribution in [2.24, 2.45) is 0 Å². The minimum absolute atomic E-state index is 0.0685. The van der Waals surface area contributed by atoms with Crippen LogP contribution in [0.15, 0.2) is 12.1 Å². The van der Waals surface area contributed by atoms with Gasteiger partial charge in [-0.05, 0) is 25.0 Å². The first-order chi connectivity index (χ1) is 9.73. The van der Waals surface area contributed by atoms with Gasteiger partial charge in [-0.15, -0.1) is 0 Å². The molecule has 0 spiro atoms. The molecular weight excluding hydrogens is 290 g/mol. The lowest BCUT2D eigenvalue weighted by Gasteiger charge is -2.12. The van der Waals surface area contributed by atoms with Gasteiger partial charge in [-0.2, -0.15) is 0 Å². The van der Waals surface area contributed by atoms with Crippen LogP contribution < -0.4 is 10.6 Å². The van der Waals surface area contributed by atoms with E-state index in [1.54, 1.807) is 12.1 Å². The van der Waals surface area contributed by atoms with Gasteiger partial charge in [0, 0.05) is 30.6 Å². The molecule has 0 radical (unpaired) electrons. The van der Waals surface area contributed by atoms with E-state index < -0.39 is 9.84 Å². The predicted molar refractivity (Wildman–Crippen MR) is 84.5 cm³/mol. The molecular formula is C14H23N3O3S. The molecule has 0 atom stereocenters. The largest absolute Gasteiger partial charge is 0.370 e. The molecule has 0 bridgehead atoms. The van der Waals surface area contributed by atoms with Gasteiger partial charge in [0.25, 0.3) is 5.91 Å². The van der Waals surface area contributed by atoms with E-state index in [9.17, 15) is 13.2 Å². The molecule has 1 heterocycles. The van der Waals surface area contributed by atoms with Crippen LogP contribution in [-0.4, -0.2) is 44.4 Å². The van der Waals surface area contributed by atoms with Crippen molar-refractivity contribution in [2.75, 3.05) is 30.4 Å². The summed E-state index contributed by atoms with van der Waals surface area (Å²) in [6.45, 7) is 6.78. The summed E-state index contributed by atoms with van der Waals surface area (Å²) in [4.78, 5) is 16.5. The number of hydrogen-bond acceptors (Lipinski definition) is 5. The Bertz CT molecular complexity index is 597. The molecule has 0 fully saturated rings. The van der Waals surface area contributed by atoms with Gasteiger partial charge < -0.3 is 10.6 Å². The molecule has 6 nitrogen and oxygen atoms in total. The summed E-state index contributed by atoms with van der Waals surface area (Å²) in [5.41, 5.74) is 1.31. The highest BCUT2D eigenvalue weighted by Crippen LogP contribution is 2.17. The van der Waals surface area contributed by atoms with Crippen LogP contribution in [0.5, 0.6) is 0 Å². The summed E-state index contributed by atoms with van der Waals surface area (Å²) in [6, 6.07) is 3.41. The van der Waals surface area contributed by atoms with Gasteiger partial charge in [0.05, 0.1) is 5.75 Å². The van der Waals surface area contributed by atoms with Crippen molar-refractivity contribution in [1.29, 1.82) is 0 Å². The number of aromatic nitrogens is 1. The summed E-state index contributed by atoms with van der Waals surface area (Å²) in [5, 5.41) is 5.71. The smallest absolute Gasteiger partial charge is 0.251 e. The standard InChI is InChI=1S/C14H23N3O3S/c1-5-15-13-9-11(8-12(17-13)10(2)3)14(18)16-6-7-21(4,19)20/h8-10H,5-7H2,1-4H3,(H,15,17)(H,16,18). The van der Waals surface area contributed by atoms with E-state index in [4.69, 9.17) is 0 Å². The molecule has 1 amide bonds. The average molecular weight is 313 g/mol. The number of nitrogens with one attached hydrogen (secondary N) is 2. The van der Waals surface area contributed by atoms with Crippen LogP contribution in [0.1, 0.15) is 42.7 Å². The van der Waals surface area contributed by atoms with Crippen molar-refractivity contribution in [3.63, 3.8) is 0 Å². The van der Waals surface area contributed by atoms with Crippen LogP contribution in [0.3, 0.4) is 0 Å². The number of pyridine rings is 1. The lowest BCUT2D eigenvalue weighted by molar-refractivity contribution is 0.0956. The molecule has 0 aliphatic heterocycles. The summed E-state index contributed by atoms with van der Waals surface area (Å²) < 4.78 is 22.1. The number of amides is 1. The maximum Gasteiger partial charge on any atom is 0.251 e. The van der Waals surface area contributed by atoms with Gasteiger partial charge in [-0.25, -0.2) is 13.4 Å². The zero-order chi connectivity index (χ0) is 16.0. The SMILES string of the molecule is CCNc1cc(C(=O)NCCS(C)(=O)=O)cc(C(C)C)n1. The van der Waals surface area contributed by atoms with Gasteiger partial charge in [0.1, 0.15) is 15.7 Å². The molecule has 0 aliphatic carbocycles. The van der Waals surface area contributed by atoms with Gasteiger partial charge in [-0.3, -0.25) is 4.79 Å². The van der Waals surface area contributed by atoms with E-state index in [1.807, 2.05) is 20.8 Å². The first-order valence-electron chi connectivity index (χ1n) is 6.94.